The fraction of sp³-hybridized carbons (Fsp3) is 0.214. The number of nitrogens with one attached hydrogen (secondary N) is 1. The molecule has 94 valence electrons. The molecule has 2 aromatic rings. The lowest BCUT2D eigenvalue weighted by atomic mass is 10.1. The predicted octanol–water partition coefficient (Wildman–Crippen LogP) is 2.77. The highest BCUT2D eigenvalue weighted by Crippen LogP contribution is 2.13. The van der Waals surface area contributed by atoms with Crippen LogP contribution >= 0.6 is 0 Å². The number of nitrogens with two attached hydrogens (primary N) is 1. The van der Waals surface area contributed by atoms with Crippen LogP contribution in [0, 0.1) is 12.7 Å². The molecule has 0 aliphatic rings. The van der Waals surface area contributed by atoms with Crippen LogP contribution in [0.1, 0.15) is 11.1 Å². The van der Waals surface area contributed by atoms with Crippen LogP contribution in [-0.2, 0) is 6.42 Å². The van der Waals surface area contributed by atoms with Crippen molar-refractivity contribution in [2.24, 2.45) is 0 Å². The van der Waals surface area contributed by atoms with Crippen molar-refractivity contribution in [2.75, 3.05) is 17.6 Å². The van der Waals surface area contributed by atoms with Gasteiger partial charge in [0.1, 0.15) is 11.6 Å². The number of nitrogen functional groups attached to an aromatic ring is 1. The first kappa shape index (κ1) is 12.4. The predicted molar refractivity (Wildman–Crippen MR) is 72.0 cm³/mol. The van der Waals surface area contributed by atoms with Crippen LogP contribution in [0.2, 0.25) is 0 Å². The number of rotatable bonds is 4. The van der Waals surface area contributed by atoms with E-state index in [1.807, 2.05) is 19.1 Å². The largest absolute Gasteiger partial charge is 0.397 e. The van der Waals surface area contributed by atoms with Crippen LogP contribution in [0.3, 0.4) is 0 Å². The highest BCUT2D eigenvalue weighted by Gasteiger charge is 2.01. The molecule has 0 spiro atoms. The summed E-state index contributed by atoms with van der Waals surface area (Å²) in [6.45, 7) is 2.57. The Bertz CT molecular complexity index is 540. The number of benzene rings is 1. The molecule has 0 atom stereocenters. The van der Waals surface area contributed by atoms with Crippen molar-refractivity contribution in [1.82, 2.24) is 4.98 Å². The lowest BCUT2D eigenvalue weighted by Gasteiger charge is -2.08. The van der Waals surface area contributed by atoms with E-state index < -0.39 is 0 Å². The number of pyridine rings is 1. The van der Waals surface area contributed by atoms with E-state index in [1.165, 1.54) is 6.07 Å². The Hall–Kier alpha value is -2.10. The average Bonchev–Trinajstić information content (AvgIpc) is 2.36. The quantitative estimate of drug-likeness (QED) is 0.870. The van der Waals surface area contributed by atoms with Gasteiger partial charge < -0.3 is 11.1 Å². The summed E-state index contributed by atoms with van der Waals surface area (Å²) >= 11 is 0. The van der Waals surface area contributed by atoms with Gasteiger partial charge in [0.15, 0.2) is 0 Å². The van der Waals surface area contributed by atoms with Gasteiger partial charge in [-0.2, -0.15) is 0 Å². The van der Waals surface area contributed by atoms with Crippen molar-refractivity contribution >= 4 is 11.5 Å². The van der Waals surface area contributed by atoms with Gasteiger partial charge in [0.05, 0.1) is 11.9 Å². The minimum atomic E-state index is -0.166. The minimum Gasteiger partial charge on any atom is -0.397 e. The molecule has 0 unspecified atom stereocenters. The van der Waals surface area contributed by atoms with E-state index in [9.17, 15) is 4.39 Å². The molecule has 0 amide bonds. The monoisotopic (exact) mass is 245 g/mol. The molecule has 3 nitrogen and oxygen atoms in total. The Balaban J connectivity index is 1.92. The second-order valence-corrected chi connectivity index (χ2v) is 4.19. The normalized spacial score (nSPS) is 10.3. The molecule has 0 aliphatic heterocycles. The third kappa shape index (κ3) is 2.97. The Morgan fingerprint density at radius 3 is 2.83 bits per heavy atom. The number of aromatic nitrogens is 1. The summed E-state index contributed by atoms with van der Waals surface area (Å²) in [5, 5.41) is 3.16. The standard InChI is InChI=1S/C14H16FN3/c1-10-8-14(18-9-13(10)16)17-7-6-11-4-2-3-5-12(11)15/h2-5,8-9H,6-7,16H2,1H3,(H,17,18). The molecule has 1 aromatic carbocycles. The maximum absolute atomic E-state index is 13.4. The van der Waals surface area contributed by atoms with Crippen molar-refractivity contribution in [2.45, 2.75) is 13.3 Å². The third-order valence-corrected chi connectivity index (χ3v) is 2.81. The molecule has 0 radical (unpaired) electrons. The molecule has 4 heteroatoms. The zero-order valence-electron chi connectivity index (χ0n) is 10.3. The van der Waals surface area contributed by atoms with Gasteiger partial charge in [-0.05, 0) is 36.6 Å². The Morgan fingerprint density at radius 1 is 1.33 bits per heavy atom. The molecule has 1 aromatic heterocycles. The highest BCUT2D eigenvalue weighted by molar-refractivity contribution is 5.50. The van der Waals surface area contributed by atoms with Crippen LogP contribution in [0.5, 0.6) is 0 Å². The van der Waals surface area contributed by atoms with Gasteiger partial charge in [0, 0.05) is 6.54 Å². The first-order chi connectivity index (χ1) is 8.66. The van der Waals surface area contributed by atoms with E-state index in [-0.39, 0.29) is 5.82 Å². The minimum absolute atomic E-state index is 0.166. The summed E-state index contributed by atoms with van der Waals surface area (Å²) in [4.78, 5) is 4.16. The molecule has 0 saturated carbocycles. The summed E-state index contributed by atoms with van der Waals surface area (Å²) in [5.41, 5.74) is 8.05. The molecular weight excluding hydrogens is 229 g/mol. The fourth-order valence-electron chi connectivity index (χ4n) is 1.69. The van der Waals surface area contributed by atoms with E-state index >= 15 is 0 Å². The van der Waals surface area contributed by atoms with Crippen molar-refractivity contribution in [3.8, 4) is 0 Å². The van der Waals surface area contributed by atoms with Crippen LogP contribution in [0.15, 0.2) is 36.5 Å². The molecule has 0 bridgehead atoms. The maximum atomic E-state index is 13.4. The lowest BCUT2D eigenvalue weighted by molar-refractivity contribution is 0.610. The number of aryl methyl sites for hydroxylation is 1. The summed E-state index contributed by atoms with van der Waals surface area (Å²) in [6.07, 6.45) is 2.25. The smallest absolute Gasteiger partial charge is 0.126 e. The van der Waals surface area contributed by atoms with Crippen molar-refractivity contribution in [3.05, 3.63) is 53.5 Å². The zero-order chi connectivity index (χ0) is 13.0. The SMILES string of the molecule is Cc1cc(NCCc2ccccc2F)ncc1N. The zero-order valence-corrected chi connectivity index (χ0v) is 10.3. The molecule has 3 N–H and O–H groups in total. The van der Waals surface area contributed by atoms with Crippen LogP contribution in [0.4, 0.5) is 15.9 Å². The Morgan fingerprint density at radius 2 is 2.11 bits per heavy atom. The van der Waals surface area contributed by atoms with E-state index in [0.717, 1.165) is 11.4 Å². The van der Waals surface area contributed by atoms with Gasteiger partial charge in [0.25, 0.3) is 0 Å². The van der Waals surface area contributed by atoms with Crippen molar-refractivity contribution in [1.29, 1.82) is 0 Å². The lowest BCUT2D eigenvalue weighted by Crippen LogP contribution is -2.08. The number of hydrogen-bond donors (Lipinski definition) is 2. The second kappa shape index (κ2) is 5.49. The van der Waals surface area contributed by atoms with E-state index in [4.69, 9.17) is 5.73 Å². The topological polar surface area (TPSA) is 50.9 Å². The summed E-state index contributed by atoms with van der Waals surface area (Å²) in [7, 11) is 0. The summed E-state index contributed by atoms with van der Waals surface area (Å²) in [5.74, 6) is 0.596. The highest BCUT2D eigenvalue weighted by atomic mass is 19.1. The molecule has 0 fully saturated rings. The van der Waals surface area contributed by atoms with Gasteiger partial charge in [-0.1, -0.05) is 18.2 Å². The van der Waals surface area contributed by atoms with Gasteiger partial charge in [0.2, 0.25) is 0 Å². The van der Waals surface area contributed by atoms with Gasteiger partial charge in [-0.3, -0.25) is 0 Å². The fourth-order valence-corrected chi connectivity index (χ4v) is 1.69. The number of hydrogen-bond acceptors (Lipinski definition) is 3. The molecule has 2 rings (SSSR count). The van der Waals surface area contributed by atoms with E-state index in [2.05, 4.69) is 10.3 Å². The van der Waals surface area contributed by atoms with Crippen molar-refractivity contribution in [3.63, 3.8) is 0 Å². The summed E-state index contributed by atoms with van der Waals surface area (Å²) in [6, 6.07) is 8.68. The van der Waals surface area contributed by atoms with Crippen molar-refractivity contribution < 1.29 is 4.39 Å². The van der Waals surface area contributed by atoms with Crippen LogP contribution < -0.4 is 11.1 Å². The van der Waals surface area contributed by atoms with Crippen LogP contribution in [-0.4, -0.2) is 11.5 Å². The average molecular weight is 245 g/mol. The molecule has 18 heavy (non-hydrogen) atoms. The third-order valence-electron chi connectivity index (χ3n) is 2.81. The van der Waals surface area contributed by atoms with E-state index in [0.29, 0.717) is 24.2 Å². The molecular formula is C14H16FN3. The van der Waals surface area contributed by atoms with Gasteiger partial charge in [-0.15, -0.1) is 0 Å². The maximum Gasteiger partial charge on any atom is 0.126 e. The first-order valence-electron chi connectivity index (χ1n) is 5.86. The number of anilines is 2. The summed E-state index contributed by atoms with van der Waals surface area (Å²) < 4.78 is 13.4. The molecule has 1 heterocycles. The Labute approximate surface area is 106 Å². The first-order valence-corrected chi connectivity index (χ1v) is 5.86. The number of halogens is 1. The number of nitrogens with zero attached hydrogens (tertiary/aromatic N) is 1. The molecule has 0 aliphatic carbocycles. The second-order valence-electron chi connectivity index (χ2n) is 4.19. The van der Waals surface area contributed by atoms with Crippen LogP contribution in [0.25, 0.3) is 0 Å². The van der Waals surface area contributed by atoms with Gasteiger partial charge in [-0.25, -0.2) is 9.37 Å². The van der Waals surface area contributed by atoms with E-state index in [1.54, 1.807) is 18.3 Å². The molecule has 0 saturated heterocycles. The van der Waals surface area contributed by atoms with Gasteiger partial charge >= 0.3 is 0 Å². The Kier molecular flexibility index (Phi) is 3.77.